The summed E-state index contributed by atoms with van der Waals surface area (Å²) in [5, 5.41) is 0. The zero-order valence-electron chi connectivity index (χ0n) is 9.51. The molecule has 1 aromatic rings. The van der Waals surface area contributed by atoms with Gasteiger partial charge in [0.25, 0.3) is 0 Å². The second-order valence-corrected chi connectivity index (χ2v) is 7.29. The third-order valence-electron chi connectivity index (χ3n) is 1.86. The molecule has 2 N–H and O–H groups in total. The Morgan fingerprint density at radius 2 is 2.00 bits per heavy atom. The first kappa shape index (κ1) is 13.1. The van der Waals surface area contributed by atoms with E-state index in [0.717, 1.165) is 10.9 Å². The molecule has 0 aromatic heterocycles. The SMILES string of the molecule is CC(C)(C)Sc1cc(Br)ccc1CCN. The van der Waals surface area contributed by atoms with Gasteiger partial charge in [-0.1, -0.05) is 42.8 Å². The van der Waals surface area contributed by atoms with Gasteiger partial charge in [0, 0.05) is 14.1 Å². The van der Waals surface area contributed by atoms with Crippen molar-refractivity contribution in [3.63, 3.8) is 0 Å². The Kier molecular flexibility index (Phi) is 4.68. The highest BCUT2D eigenvalue weighted by atomic mass is 79.9. The summed E-state index contributed by atoms with van der Waals surface area (Å²) in [5.41, 5.74) is 6.96. The van der Waals surface area contributed by atoms with Crippen LogP contribution in [0.1, 0.15) is 26.3 Å². The lowest BCUT2D eigenvalue weighted by atomic mass is 10.1. The van der Waals surface area contributed by atoms with Gasteiger partial charge in [-0.15, -0.1) is 11.8 Å². The third-order valence-corrected chi connectivity index (χ3v) is 3.56. The third kappa shape index (κ3) is 4.58. The van der Waals surface area contributed by atoms with Crippen LogP contribution in [-0.2, 0) is 6.42 Å². The molecule has 3 heteroatoms. The minimum Gasteiger partial charge on any atom is -0.330 e. The Morgan fingerprint density at radius 1 is 1.33 bits per heavy atom. The minimum absolute atomic E-state index is 0.240. The first-order valence-electron chi connectivity index (χ1n) is 5.10. The minimum atomic E-state index is 0.240. The van der Waals surface area contributed by atoms with Crippen molar-refractivity contribution >= 4 is 27.7 Å². The lowest BCUT2D eigenvalue weighted by molar-refractivity contribution is 0.800. The summed E-state index contributed by atoms with van der Waals surface area (Å²) >= 11 is 5.41. The van der Waals surface area contributed by atoms with Crippen LogP contribution >= 0.6 is 27.7 Å². The fourth-order valence-corrected chi connectivity index (χ4v) is 2.97. The topological polar surface area (TPSA) is 26.0 Å². The van der Waals surface area contributed by atoms with Gasteiger partial charge in [-0.3, -0.25) is 0 Å². The van der Waals surface area contributed by atoms with Crippen LogP contribution in [0.2, 0.25) is 0 Å². The number of benzene rings is 1. The molecule has 0 atom stereocenters. The number of rotatable bonds is 3. The van der Waals surface area contributed by atoms with Crippen molar-refractivity contribution < 1.29 is 0 Å². The summed E-state index contributed by atoms with van der Waals surface area (Å²) in [7, 11) is 0. The molecule has 0 saturated carbocycles. The molecule has 0 amide bonds. The summed E-state index contributed by atoms with van der Waals surface area (Å²) in [6.07, 6.45) is 0.950. The Hall–Kier alpha value is 0.01000. The number of hydrogen-bond acceptors (Lipinski definition) is 2. The van der Waals surface area contributed by atoms with Crippen molar-refractivity contribution in [1.82, 2.24) is 0 Å². The van der Waals surface area contributed by atoms with Gasteiger partial charge < -0.3 is 5.73 Å². The maximum absolute atomic E-state index is 5.61. The summed E-state index contributed by atoms with van der Waals surface area (Å²) in [5.74, 6) is 0. The maximum atomic E-state index is 5.61. The Morgan fingerprint density at radius 3 is 2.53 bits per heavy atom. The standard InChI is InChI=1S/C12H18BrNS/c1-12(2,3)15-11-8-10(13)5-4-9(11)6-7-14/h4-5,8H,6-7,14H2,1-3H3. The number of hydrogen-bond donors (Lipinski definition) is 1. The van der Waals surface area contributed by atoms with Gasteiger partial charge in [-0.25, -0.2) is 0 Å². The van der Waals surface area contributed by atoms with Gasteiger partial charge in [0.1, 0.15) is 0 Å². The molecular weight excluding hydrogens is 270 g/mol. The van der Waals surface area contributed by atoms with E-state index in [1.165, 1.54) is 10.5 Å². The molecule has 0 bridgehead atoms. The van der Waals surface area contributed by atoms with Gasteiger partial charge in [0.05, 0.1) is 0 Å². The molecular formula is C12H18BrNS. The fraction of sp³-hybridized carbons (Fsp3) is 0.500. The van der Waals surface area contributed by atoms with Crippen molar-refractivity contribution in [2.75, 3.05) is 6.54 Å². The maximum Gasteiger partial charge on any atom is 0.0186 e. The van der Waals surface area contributed by atoms with E-state index in [-0.39, 0.29) is 4.75 Å². The van der Waals surface area contributed by atoms with E-state index in [2.05, 4.69) is 54.9 Å². The highest BCUT2D eigenvalue weighted by Gasteiger charge is 2.14. The largest absolute Gasteiger partial charge is 0.330 e. The molecule has 15 heavy (non-hydrogen) atoms. The first-order valence-corrected chi connectivity index (χ1v) is 6.71. The average Bonchev–Trinajstić information content (AvgIpc) is 2.07. The molecule has 0 saturated heterocycles. The molecule has 0 radical (unpaired) electrons. The van der Waals surface area contributed by atoms with Crippen LogP contribution in [0.5, 0.6) is 0 Å². The predicted molar refractivity (Wildman–Crippen MR) is 72.5 cm³/mol. The molecule has 1 nitrogen and oxygen atoms in total. The average molecular weight is 288 g/mol. The predicted octanol–water partition coefficient (Wildman–Crippen LogP) is 3.84. The summed E-state index contributed by atoms with van der Waals surface area (Å²) in [6.45, 7) is 7.39. The number of halogens is 1. The van der Waals surface area contributed by atoms with E-state index in [4.69, 9.17) is 5.73 Å². The Labute approximate surface area is 105 Å². The molecule has 0 spiro atoms. The van der Waals surface area contributed by atoms with Crippen LogP contribution in [0.25, 0.3) is 0 Å². The van der Waals surface area contributed by atoms with Crippen LogP contribution in [0.15, 0.2) is 27.6 Å². The lowest BCUT2D eigenvalue weighted by Crippen LogP contribution is -2.09. The van der Waals surface area contributed by atoms with E-state index in [0.29, 0.717) is 6.54 Å². The molecule has 84 valence electrons. The van der Waals surface area contributed by atoms with Crippen LogP contribution < -0.4 is 5.73 Å². The van der Waals surface area contributed by atoms with Crippen LogP contribution in [0, 0.1) is 0 Å². The van der Waals surface area contributed by atoms with E-state index in [9.17, 15) is 0 Å². The van der Waals surface area contributed by atoms with Crippen molar-refractivity contribution in [2.45, 2.75) is 36.8 Å². The normalized spacial score (nSPS) is 11.8. The Bertz CT molecular complexity index is 331. The zero-order valence-corrected chi connectivity index (χ0v) is 11.9. The Balaban J connectivity index is 2.96. The summed E-state index contributed by atoms with van der Waals surface area (Å²) in [4.78, 5) is 1.34. The fourth-order valence-electron chi connectivity index (χ4n) is 1.32. The van der Waals surface area contributed by atoms with Gasteiger partial charge in [0.15, 0.2) is 0 Å². The van der Waals surface area contributed by atoms with Gasteiger partial charge in [0.2, 0.25) is 0 Å². The first-order chi connectivity index (χ1) is 6.92. The molecule has 0 aliphatic heterocycles. The van der Waals surface area contributed by atoms with E-state index >= 15 is 0 Å². The van der Waals surface area contributed by atoms with Crippen molar-refractivity contribution in [1.29, 1.82) is 0 Å². The summed E-state index contributed by atoms with van der Waals surface area (Å²) in [6, 6.07) is 6.42. The van der Waals surface area contributed by atoms with Gasteiger partial charge in [-0.2, -0.15) is 0 Å². The molecule has 1 rings (SSSR count). The number of thioether (sulfide) groups is 1. The van der Waals surface area contributed by atoms with E-state index in [1.54, 1.807) is 0 Å². The highest BCUT2D eigenvalue weighted by molar-refractivity contribution is 9.10. The highest BCUT2D eigenvalue weighted by Crippen LogP contribution is 2.35. The van der Waals surface area contributed by atoms with Gasteiger partial charge >= 0.3 is 0 Å². The van der Waals surface area contributed by atoms with Crippen LogP contribution in [-0.4, -0.2) is 11.3 Å². The quantitative estimate of drug-likeness (QED) is 0.855. The molecule has 0 unspecified atom stereocenters. The monoisotopic (exact) mass is 287 g/mol. The van der Waals surface area contributed by atoms with Crippen LogP contribution in [0.4, 0.5) is 0 Å². The van der Waals surface area contributed by atoms with E-state index < -0.39 is 0 Å². The molecule has 0 aliphatic rings. The molecule has 0 fully saturated rings. The van der Waals surface area contributed by atoms with Crippen molar-refractivity contribution in [2.24, 2.45) is 5.73 Å². The molecule has 1 aromatic carbocycles. The second-order valence-electron chi connectivity index (χ2n) is 4.51. The number of nitrogens with two attached hydrogens (primary N) is 1. The summed E-state index contributed by atoms with van der Waals surface area (Å²) < 4.78 is 1.37. The van der Waals surface area contributed by atoms with E-state index in [1.807, 2.05) is 11.8 Å². The van der Waals surface area contributed by atoms with Crippen molar-refractivity contribution in [3.05, 3.63) is 28.2 Å². The van der Waals surface area contributed by atoms with Crippen LogP contribution in [0.3, 0.4) is 0 Å². The van der Waals surface area contributed by atoms with Gasteiger partial charge in [-0.05, 0) is 30.7 Å². The smallest absolute Gasteiger partial charge is 0.0186 e. The molecule has 0 heterocycles. The lowest BCUT2D eigenvalue weighted by Gasteiger charge is -2.20. The van der Waals surface area contributed by atoms with Crippen molar-refractivity contribution in [3.8, 4) is 0 Å². The second kappa shape index (κ2) is 5.37. The zero-order chi connectivity index (χ0) is 11.5. The molecule has 0 aliphatic carbocycles.